The van der Waals surface area contributed by atoms with Crippen LogP contribution < -0.4 is 10.1 Å². The molecule has 1 rings (SSSR count). The minimum Gasteiger partial charge on any atom is -0.496 e. The lowest BCUT2D eigenvalue weighted by Crippen LogP contribution is -2.31. The first-order valence-corrected chi connectivity index (χ1v) is 5.66. The molecule has 0 heterocycles. The van der Waals surface area contributed by atoms with Crippen molar-refractivity contribution in [3.05, 3.63) is 29.8 Å². The lowest BCUT2D eigenvalue weighted by atomic mass is 10.2. The molecule has 0 saturated heterocycles. The number of hydrogen-bond acceptors (Lipinski definition) is 4. The maximum Gasteiger partial charge on any atom is 0.123 e. The van der Waals surface area contributed by atoms with E-state index in [9.17, 15) is 0 Å². The molecule has 0 aliphatic rings. The van der Waals surface area contributed by atoms with Crippen molar-refractivity contribution in [3.8, 4) is 5.75 Å². The van der Waals surface area contributed by atoms with Gasteiger partial charge in [0.05, 0.1) is 19.8 Å². The van der Waals surface area contributed by atoms with Crippen LogP contribution in [-0.4, -0.2) is 40.6 Å². The monoisotopic (exact) mass is 239 g/mol. The van der Waals surface area contributed by atoms with Crippen molar-refractivity contribution in [1.82, 2.24) is 5.32 Å². The number of benzene rings is 1. The standard InChI is InChI=1S/C13H21NO3/c1-15-10-12(16-2)9-14-8-11-6-4-5-7-13(11)17-3/h4-7,12,14H,8-10H2,1-3H3. The molecule has 0 aliphatic carbocycles. The Labute approximate surface area is 103 Å². The molecule has 1 aromatic carbocycles. The first-order valence-electron chi connectivity index (χ1n) is 5.66. The van der Waals surface area contributed by atoms with Gasteiger partial charge in [-0.25, -0.2) is 0 Å². The van der Waals surface area contributed by atoms with Gasteiger partial charge in [0.1, 0.15) is 5.75 Å². The molecule has 1 N–H and O–H groups in total. The van der Waals surface area contributed by atoms with Gasteiger partial charge in [0.2, 0.25) is 0 Å². The Morgan fingerprint density at radius 3 is 2.59 bits per heavy atom. The highest BCUT2D eigenvalue weighted by molar-refractivity contribution is 5.32. The Balaban J connectivity index is 2.39. The predicted octanol–water partition coefficient (Wildman–Crippen LogP) is 1.45. The van der Waals surface area contributed by atoms with E-state index in [-0.39, 0.29) is 6.10 Å². The number of hydrogen-bond donors (Lipinski definition) is 1. The summed E-state index contributed by atoms with van der Waals surface area (Å²) >= 11 is 0. The number of rotatable bonds is 8. The van der Waals surface area contributed by atoms with Crippen LogP contribution >= 0.6 is 0 Å². The molecule has 96 valence electrons. The van der Waals surface area contributed by atoms with Gasteiger partial charge < -0.3 is 19.5 Å². The Bertz CT molecular complexity index is 317. The first kappa shape index (κ1) is 14.0. The van der Waals surface area contributed by atoms with Gasteiger partial charge in [-0.15, -0.1) is 0 Å². The summed E-state index contributed by atoms with van der Waals surface area (Å²) in [7, 11) is 5.04. The summed E-state index contributed by atoms with van der Waals surface area (Å²) in [4.78, 5) is 0. The third-order valence-electron chi connectivity index (χ3n) is 2.57. The molecule has 1 atom stereocenters. The smallest absolute Gasteiger partial charge is 0.123 e. The zero-order chi connectivity index (χ0) is 12.5. The lowest BCUT2D eigenvalue weighted by molar-refractivity contribution is 0.0287. The molecular formula is C13H21NO3. The zero-order valence-electron chi connectivity index (χ0n) is 10.7. The molecule has 0 aromatic heterocycles. The number of ether oxygens (including phenoxy) is 3. The van der Waals surface area contributed by atoms with Gasteiger partial charge in [-0.3, -0.25) is 0 Å². The largest absolute Gasteiger partial charge is 0.496 e. The Kier molecular flexibility index (Phi) is 6.62. The van der Waals surface area contributed by atoms with Crippen LogP contribution in [0.25, 0.3) is 0 Å². The summed E-state index contributed by atoms with van der Waals surface area (Å²) in [5.41, 5.74) is 1.14. The second kappa shape index (κ2) is 8.06. The summed E-state index contributed by atoms with van der Waals surface area (Å²) in [6.07, 6.45) is 0.0784. The minimum atomic E-state index is 0.0784. The lowest BCUT2D eigenvalue weighted by Gasteiger charge is -2.15. The molecule has 1 unspecified atom stereocenters. The molecule has 0 spiro atoms. The number of nitrogens with one attached hydrogen (secondary N) is 1. The second-order valence-corrected chi connectivity index (χ2v) is 3.76. The highest BCUT2D eigenvalue weighted by Gasteiger charge is 2.07. The Morgan fingerprint density at radius 1 is 1.18 bits per heavy atom. The van der Waals surface area contributed by atoms with Crippen LogP contribution in [0.5, 0.6) is 5.75 Å². The van der Waals surface area contributed by atoms with Crippen molar-refractivity contribution in [2.45, 2.75) is 12.6 Å². The van der Waals surface area contributed by atoms with Gasteiger partial charge in [-0.2, -0.15) is 0 Å². The van der Waals surface area contributed by atoms with Gasteiger partial charge >= 0.3 is 0 Å². The van der Waals surface area contributed by atoms with E-state index in [1.807, 2.05) is 24.3 Å². The highest BCUT2D eigenvalue weighted by Crippen LogP contribution is 2.16. The summed E-state index contributed by atoms with van der Waals surface area (Å²) in [6, 6.07) is 7.97. The molecule has 0 aliphatic heterocycles. The molecule has 0 bridgehead atoms. The third-order valence-corrected chi connectivity index (χ3v) is 2.57. The molecule has 1 aromatic rings. The molecular weight excluding hydrogens is 218 g/mol. The van der Waals surface area contributed by atoms with Crippen LogP contribution in [0.1, 0.15) is 5.56 Å². The fraction of sp³-hybridized carbons (Fsp3) is 0.538. The highest BCUT2D eigenvalue weighted by atomic mass is 16.5. The maximum absolute atomic E-state index is 5.28. The fourth-order valence-electron chi connectivity index (χ4n) is 1.61. The van der Waals surface area contributed by atoms with Crippen molar-refractivity contribution < 1.29 is 14.2 Å². The molecule has 0 fully saturated rings. The maximum atomic E-state index is 5.28. The van der Waals surface area contributed by atoms with E-state index in [4.69, 9.17) is 14.2 Å². The average Bonchev–Trinajstić information content (AvgIpc) is 2.38. The van der Waals surface area contributed by atoms with Gasteiger partial charge in [-0.05, 0) is 6.07 Å². The predicted molar refractivity (Wildman–Crippen MR) is 67.4 cm³/mol. The van der Waals surface area contributed by atoms with Crippen molar-refractivity contribution in [2.24, 2.45) is 0 Å². The average molecular weight is 239 g/mol. The van der Waals surface area contributed by atoms with E-state index < -0.39 is 0 Å². The van der Waals surface area contributed by atoms with E-state index >= 15 is 0 Å². The molecule has 4 nitrogen and oxygen atoms in total. The van der Waals surface area contributed by atoms with Crippen LogP contribution in [0.15, 0.2) is 24.3 Å². The summed E-state index contributed by atoms with van der Waals surface area (Å²) in [6.45, 7) is 2.10. The van der Waals surface area contributed by atoms with Crippen LogP contribution in [0.4, 0.5) is 0 Å². The van der Waals surface area contributed by atoms with Crippen LogP contribution in [-0.2, 0) is 16.0 Å². The topological polar surface area (TPSA) is 39.7 Å². The second-order valence-electron chi connectivity index (χ2n) is 3.76. The quantitative estimate of drug-likeness (QED) is 0.745. The van der Waals surface area contributed by atoms with Gasteiger partial charge in [0.25, 0.3) is 0 Å². The zero-order valence-corrected chi connectivity index (χ0v) is 10.7. The van der Waals surface area contributed by atoms with Gasteiger partial charge in [0, 0.05) is 32.9 Å². The van der Waals surface area contributed by atoms with Crippen molar-refractivity contribution in [2.75, 3.05) is 34.5 Å². The van der Waals surface area contributed by atoms with E-state index in [0.717, 1.165) is 24.4 Å². The SMILES string of the molecule is COCC(CNCc1ccccc1OC)OC. The van der Waals surface area contributed by atoms with E-state index in [0.29, 0.717) is 6.61 Å². The molecule has 0 amide bonds. The fourth-order valence-corrected chi connectivity index (χ4v) is 1.61. The summed E-state index contributed by atoms with van der Waals surface area (Å²) in [5, 5.41) is 3.33. The summed E-state index contributed by atoms with van der Waals surface area (Å²) < 4.78 is 15.6. The molecule has 4 heteroatoms. The van der Waals surface area contributed by atoms with E-state index in [1.54, 1.807) is 21.3 Å². The Morgan fingerprint density at radius 2 is 1.94 bits per heavy atom. The Hall–Kier alpha value is -1.10. The van der Waals surface area contributed by atoms with Crippen molar-refractivity contribution >= 4 is 0 Å². The van der Waals surface area contributed by atoms with Crippen LogP contribution in [0.3, 0.4) is 0 Å². The summed E-state index contributed by atoms with van der Waals surface area (Å²) in [5.74, 6) is 0.903. The first-order chi connectivity index (χ1) is 8.31. The number of para-hydroxylation sites is 1. The molecule has 0 saturated carbocycles. The van der Waals surface area contributed by atoms with Crippen LogP contribution in [0.2, 0.25) is 0 Å². The van der Waals surface area contributed by atoms with Crippen molar-refractivity contribution in [1.29, 1.82) is 0 Å². The van der Waals surface area contributed by atoms with Crippen LogP contribution in [0, 0.1) is 0 Å². The molecule has 17 heavy (non-hydrogen) atoms. The third kappa shape index (κ3) is 4.73. The number of methoxy groups -OCH3 is 3. The van der Waals surface area contributed by atoms with Crippen molar-refractivity contribution in [3.63, 3.8) is 0 Å². The minimum absolute atomic E-state index is 0.0784. The van der Waals surface area contributed by atoms with E-state index in [2.05, 4.69) is 5.32 Å². The van der Waals surface area contributed by atoms with E-state index in [1.165, 1.54) is 0 Å². The van der Waals surface area contributed by atoms with Gasteiger partial charge in [-0.1, -0.05) is 18.2 Å². The molecule has 0 radical (unpaired) electrons. The van der Waals surface area contributed by atoms with Gasteiger partial charge in [0.15, 0.2) is 0 Å². The normalized spacial score (nSPS) is 12.4.